The minimum atomic E-state index is -4.68. The van der Waals surface area contributed by atoms with Crippen LogP contribution in [-0.4, -0.2) is 50.5 Å². The Morgan fingerprint density at radius 3 is 2.36 bits per heavy atom. The zero-order chi connectivity index (χ0) is 26.8. The van der Waals surface area contributed by atoms with Crippen LogP contribution in [-0.2, 0) is 22.1 Å². The summed E-state index contributed by atoms with van der Waals surface area (Å²) in [6, 6.07) is 2.02. The lowest BCUT2D eigenvalue weighted by molar-refractivity contribution is -0.145. The zero-order valence-electron chi connectivity index (χ0n) is 20.3. The van der Waals surface area contributed by atoms with Crippen molar-refractivity contribution >= 4 is 11.9 Å². The standard InChI is InChI=1S/C25H26F4N4O3/c1-14-19(30-5)11-20(33(14)23(35)36-24(2,3)4)21(34)9-7-16-10-15(6-8-18(16)26)17-12-31-22(32-13-17)25(27,28)29/h6,8,10,12-14,19-20H,7,9,11H2,1-4H3/t14-,19+,20-/m0/s1. The summed E-state index contributed by atoms with van der Waals surface area (Å²) in [5, 5.41) is 0. The quantitative estimate of drug-likeness (QED) is 0.396. The summed E-state index contributed by atoms with van der Waals surface area (Å²) in [6.45, 7) is 14.2. The van der Waals surface area contributed by atoms with Gasteiger partial charge in [0.15, 0.2) is 5.78 Å². The van der Waals surface area contributed by atoms with Gasteiger partial charge >= 0.3 is 12.3 Å². The van der Waals surface area contributed by atoms with Crippen molar-refractivity contribution in [3.63, 3.8) is 0 Å². The van der Waals surface area contributed by atoms with Gasteiger partial charge in [-0.3, -0.25) is 9.69 Å². The molecule has 0 radical (unpaired) electrons. The summed E-state index contributed by atoms with van der Waals surface area (Å²) in [6.07, 6.45) is -3.31. The molecule has 3 atom stereocenters. The molecule has 3 rings (SSSR count). The van der Waals surface area contributed by atoms with Crippen molar-refractivity contribution in [2.75, 3.05) is 0 Å². The van der Waals surface area contributed by atoms with Gasteiger partial charge in [0.25, 0.3) is 0 Å². The van der Waals surface area contributed by atoms with Crippen molar-refractivity contribution in [1.82, 2.24) is 14.9 Å². The van der Waals surface area contributed by atoms with E-state index in [2.05, 4.69) is 14.8 Å². The number of alkyl halides is 3. The Labute approximate surface area is 206 Å². The predicted molar refractivity (Wildman–Crippen MR) is 122 cm³/mol. The second-order valence-electron chi connectivity index (χ2n) is 9.64. The van der Waals surface area contributed by atoms with Crippen LogP contribution in [0.4, 0.5) is 22.4 Å². The molecule has 0 bridgehead atoms. The van der Waals surface area contributed by atoms with Crippen molar-refractivity contribution < 1.29 is 31.9 Å². The lowest BCUT2D eigenvalue weighted by atomic mass is 9.98. The number of ether oxygens (including phenoxy) is 1. The zero-order valence-corrected chi connectivity index (χ0v) is 20.3. The molecule has 2 heterocycles. The van der Waals surface area contributed by atoms with Gasteiger partial charge in [0.05, 0.1) is 6.42 Å². The van der Waals surface area contributed by atoms with Crippen LogP contribution in [0.5, 0.6) is 0 Å². The molecule has 0 unspecified atom stereocenters. The van der Waals surface area contributed by atoms with E-state index in [1.165, 1.54) is 17.0 Å². The first kappa shape index (κ1) is 27.0. The van der Waals surface area contributed by atoms with E-state index in [0.717, 1.165) is 18.5 Å². The number of benzene rings is 1. The Bertz CT molecular complexity index is 1170. The second-order valence-corrected chi connectivity index (χ2v) is 9.64. The van der Waals surface area contributed by atoms with E-state index in [1.54, 1.807) is 27.7 Å². The molecule has 1 aliphatic heterocycles. The van der Waals surface area contributed by atoms with Gasteiger partial charge in [-0.05, 0) is 57.4 Å². The molecular weight excluding hydrogens is 480 g/mol. The lowest BCUT2D eigenvalue weighted by Gasteiger charge is -2.30. The number of aromatic nitrogens is 2. The normalized spacial score (nSPS) is 20.2. The highest BCUT2D eigenvalue weighted by Crippen LogP contribution is 2.31. The van der Waals surface area contributed by atoms with Crippen LogP contribution in [0.2, 0.25) is 0 Å². The fourth-order valence-electron chi connectivity index (χ4n) is 4.06. The number of carbonyl (C=O) groups is 2. The lowest BCUT2D eigenvalue weighted by Crippen LogP contribution is -2.47. The highest BCUT2D eigenvalue weighted by molar-refractivity contribution is 5.88. The average molecular weight is 507 g/mol. The van der Waals surface area contributed by atoms with Crippen LogP contribution in [0.1, 0.15) is 51.9 Å². The van der Waals surface area contributed by atoms with Gasteiger partial charge in [0.1, 0.15) is 23.5 Å². The molecule has 7 nitrogen and oxygen atoms in total. The van der Waals surface area contributed by atoms with Gasteiger partial charge in [0, 0.05) is 24.4 Å². The highest BCUT2D eigenvalue weighted by atomic mass is 19.4. The van der Waals surface area contributed by atoms with Crippen LogP contribution in [0.3, 0.4) is 0 Å². The summed E-state index contributed by atoms with van der Waals surface area (Å²) in [7, 11) is 0. The number of halogens is 4. The second kappa shape index (κ2) is 10.2. The maximum absolute atomic E-state index is 14.5. The molecule has 11 heteroatoms. The fraction of sp³-hybridized carbons (Fsp3) is 0.480. The number of hydrogen-bond acceptors (Lipinski definition) is 5. The minimum Gasteiger partial charge on any atom is -0.444 e. The summed E-state index contributed by atoms with van der Waals surface area (Å²) in [5.74, 6) is -2.19. The van der Waals surface area contributed by atoms with Gasteiger partial charge in [-0.1, -0.05) is 6.07 Å². The average Bonchev–Trinajstić information content (AvgIpc) is 3.13. The number of ketones is 1. The Morgan fingerprint density at radius 2 is 1.81 bits per heavy atom. The SMILES string of the molecule is [C-]#[N+][C@@H]1C[C@@H](C(=O)CCc2cc(-c3cnc(C(F)(F)F)nc3)ccc2F)N(C(=O)OC(C)(C)C)[C@H]1C. The number of Topliss-reactive ketones (excluding diaryl/α,β-unsaturated/α-hetero) is 1. The summed E-state index contributed by atoms with van der Waals surface area (Å²) in [4.78, 5) is 37.3. The number of rotatable bonds is 5. The third-order valence-electron chi connectivity index (χ3n) is 5.86. The Morgan fingerprint density at radius 1 is 1.17 bits per heavy atom. The Kier molecular flexibility index (Phi) is 7.67. The molecule has 192 valence electrons. The largest absolute Gasteiger partial charge is 0.451 e. The minimum absolute atomic E-state index is 0.00424. The van der Waals surface area contributed by atoms with Gasteiger partial charge in [-0.2, -0.15) is 13.2 Å². The molecule has 1 saturated heterocycles. The molecular formula is C25H26F4N4O3. The van der Waals surface area contributed by atoms with Gasteiger partial charge < -0.3 is 9.58 Å². The molecule has 1 fully saturated rings. The number of amides is 1. The monoisotopic (exact) mass is 506 g/mol. The van der Waals surface area contributed by atoms with E-state index in [1.807, 2.05) is 0 Å². The molecule has 36 heavy (non-hydrogen) atoms. The summed E-state index contributed by atoms with van der Waals surface area (Å²) >= 11 is 0. The number of carbonyl (C=O) groups excluding carboxylic acids is 2. The molecule has 0 aliphatic carbocycles. The maximum Gasteiger partial charge on any atom is 0.451 e. The van der Waals surface area contributed by atoms with E-state index < -0.39 is 47.6 Å². The van der Waals surface area contributed by atoms with Crippen molar-refractivity contribution in [2.45, 2.75) is 76.9 Å². The maximum atomic E-state index is 14.5. The van der Waals surface area contributed by atoms with Crippen molar-refractivity contribution in [2.24, 2.45) is 0 Å². The smallest absolute Gasteiger partial charge is 0.444 e. The van der Waals surface area contributed by atoms with Crippen molar-refractivity contribution in [1.29, 1.82) is 0 Å². The highest BCUT2D eigenvalue weighted by Gasteiger charge is 2.49. The number of likely N-dealkylation sites (tertiary alicyclic amines) is 1. The van der Waals surface area contributed by atoms with Crippen LogP contribution >= 0.6 is 0 Å². The van der Waals surface area contributed by atoms with E-state index in [0.29, 0.717) is 5.56 Å². The molecule has 0 spiro atoms. The topological polar surface area (TPSA) is 76.8 Å². The number of hydrogen-bond donors (Lipinski definition) is 0. The molecule has 0 saturated carbocycles. The van der Waals surface area contributed by atoms with E-state index in [9.17, 15) is 27.2 Å². The molecule has 1 amide bonds. The number of nitrogens with zero attached hydrogens (tertiary/aromatic N) is 4. The molecule has 1 aromatic heterocycles. The summed E-state index contributed by atoms with van der Waals surface area (Å²) < 4.78 is 58.1. The summed E-state index contributed by atoms with van der Waals surface area (Å²) in [5.41, 5.74) is 0.0469. The van der Waals surface area contributed by atoms with Crippen LogP contribution in [0, 0.1) is 12.4 Å². The molecule has 2 aromatic rings. The third kappa shape index (κ3) is 6.17. The van der Waals surface area contributed by atoms with Crippen molar-refractivity contribution in [3.05, 3.63) is 59.2 Å². The first-order valence-electron chi connectivity index (χ1n) is 11.3. The number of aryl methyl sites for hydroxylation is 1. The Hall–Kier alpha value is -3.55. The first-order valence-corrected chi connectivity index (χ1v) is 11.3. The van der Waals surface area contributed by atoms with E-state index in [4.69, 9.17) is 11.3 Å². The molecule has 1 aromatic carbocycles. The van der Waals surface area contributed by atoms with E-state index in [-0.39, 0.29) is 36.2 Å². The molecule has 1 aliphatic rings. The van der Waals surface area contributed by atoms with E-state index >= 15 is 0 Å². The van der Waals surface area contributed by atoms with Crippen molar-refractivity contribution in [3.8, 4) is 11.1 Å². The van der Waals surface area contributed by atoms with Crippen LogP contribution in [0.15, 0.2) is 30.6 Å². The van der Waals surface area contributed by atoms with Crippen LogP contribution in [0.25, 0.3) is 16.0 Å². The fourth-order valence-corrected chi connectivity index (χ4v) is 4.06. The van der Waals surface area contributed by atoms with Gasteiger partial charge in [0.2, 0.25) is 11.9 Å². The van der Waals surface area contributed by atoms with Gasteiger partial charge in [-0.25, -0.2) is 25.7 Å². The molecule has 0 N–H and O–H groups in total. The predicted octanol–water partition coefficient (Wildman–Crippen LogP) is 5.49. The first-order chi connectivity index (χ1) is 16.7. The van der Waals surface area contributed by atoms with Crippen LogP contribution < -0.4 is 0 Å². The Balaban J connectivity index is 1.76. The third-order valence-corrected chi connectivity index (χ3v) is 5.86. The van der Waals surface area contributed by atoms with Gasteiger partial charge in [-0.15, -0.1) is 0 Å².